The van der Waals surface area contributed by atoms with Crippen molar-refractivity contribution in [1.82, 2.24) is 14.5 Å². The monoisotopic (exact) mass is 282 g/mol. The van der Waals surface area contributed by atoms with E-state index in [0.29, 0.717) is 0 Å². The van der Waals surface area contributed by atoms with Gasteiger partial charge in [-0.05, 0) is 19.1 Å². The molecule has 0 unspecified atom stereocenters. The lowest BCUT2D eigenvalue weighted by Gasteiger charge is -2.08. The number of imidazole rings is 1. The molecule has 1 aromatic carbocycles. The topological polar surface area (TPSA) is 83.0 Å². The Morgan fingerprint density at radius 3 is 2.90 bits per heavy atom. The molecular formula is C15H14N4O2. The Balaban J connectivity index is 2.14. The van der Waals surface area contributed by atoms with Crippen molar-refractivity contribution in [3.63, 3.8) is 0 Å². The zero-order valence-electron chi connectivity index (χ0n) is 11.5. The fourth-order valence-electron chi connectivity index (χ4n) is 2.19. The Labute approximate surface area is 121 Å². The van der Waals surface area contributed by atoms with Gasteiger partial charge < -0.3 is 10.5 Å². The van der Waals surface area contributed by atoms with Crippen molar-refractivity contribution >= 4 is 22.7 Å². The number of aromatic nitrogens is 3. The average Bonchev–Trinajstić information content (AvgIpc) is 2.88. The van der Waals surface area contributed by atoms with Gasteiger partial charge in [-0.3, -0.25) is 9.55 Å². The van der Waals surface area contributed by atoms with Gasteiger partial charge in [-0.15, -0.1) is 0 Å². The summed E-state index contributed by atoms with van der Waals surface area (Å²) in [6.07, 6.45) is 3.22. The number of carbonyl (C=O) groups excluding carboxylic acids is 1. The number of para-hydroxylation sites is 1. The first-order valence-corrected chi connectivity index (χ1v) is 6.56. The Bertz CT molecular complexity index is 805. The van der Waals surface area contributed by atoms with Crippen molar-refractivity contribution in [3.05, 3.63) is 48.5 Å². The van der Waals surface area contributed by atoms with Crippen molar-refractivity contribution in [2.24, 2.45) is 0 Å². The third-order valence-corrected chi connectivity index (χ3v) is 3.14. The molecule has 0 amide bonds. The molecule has 0 aliphatic rings. The first-order valence-electron chi connectivity index (χ1n) is 6.56. The first kappa shape index (κ1) is 13.1. The van der Waals surface area contributed by atoms with Gasteiger partial charge >= 0.3 is 5.97 Å². The van der Waals surface area contributed by atoms with Crippen LogP contribution < -0.4 is 5.73 Å². The van der Waals surface area contributed by atoms with Gasteiger partial charge in [0, 0.05) is 11.6 Å². The van der Waals surface area contributed by atoms with Crippen molar-refractivity contribution < 1.29 is 9.53 Å². The molecule has 2 aromatic heterocycles. The van der Waals surface area contributed by atoms with Gasteiger partial charge in [0.2, 0.25) is 0 Å². The molecule has 0 fully saturated rings. The maximum atomic E-state index is 11.8. The minimum absolute atomic E-state index is 0.116. The van der Waals surface area contributed by atoms with Crippen molar-refractivity contribution in [2.45, 2.75) is 6.92 Å². The number of rotatable bonds is 3. The standard InChI is InChI=1S/C15H14N4O2/c1-2-21-15(20)13-14(16)19(9-18-13)11-7-3-5-10-6-4-8-17-12(10)11/h3-9H,2,16H2,1H3. The lowest BCUT2D eigenvalue weighted by Crippen LogP contribution is -2.09. The van der Waals surface area contributed by atoms with E-state index in [1.165, 1.54) is 6.33 Å². The Morgan fingerprint density at radius 1 is 1.29 bits per heavy atom. The number of nitrogen functional groups attached to an aromatic ring is 1. The number of ether oxygens (including phenoxy) is 1. The van der Waals surface area contributed by atoms with E-state index in [0.717, 1.165) is 16.6 Å². The average molecular weight is 282 g/mol. The number of pyridine rings is 1. The zero-order chi connectivity index (χ0) is 14.8. The Kier molecular flexibility index (Phi) is 3.27. The van der Waals surface area contributed by atoms with Crippen LogP contribution in [0, 0.1) is 0 Å². The second-order valence-corrected chi connectivity index (χ2v) is 4.42. The fourth-order valence-corrected chi connectivity index (χ4v) is 2.19. The van der Waals surface area contributed by atoms with E-state index in [1.807, 2.05) is 30.3 Å². The quantitative estimate of drug-likeness (QED) is 0.744. The summed E-state index contributed by atoms with van der Waals surface area (Å²) >= 11 is 0. The summed E-state index contributed by atoms with van der Waals surface area (Å²) in [7, 11) is 0. The summed E-state index contributed by atoms with van der Waals surface area (Å²) in [6, 6.07) is 9.58. The van der Waals surface area contributed by atoms with Crippen molar-refractivity contribution in [1.29, 1.82) is 0 Å². The highest BCUT2D eigenvalue weighted by atomic mass is 16.5. The number of esters is 1. The van der Waals surface area contributed by atoms with Gasteiger partial charge in [-0.25, -0.2) is 9.78 Å². The number of nitrogens with zero attached hydrogens (tertiary/aromatic N) is 3. The number of anilines is 1. The summed E-state index contributed by atoms with van der Waals surface area (Å²) in [5.41, 5.74) is 7.71. The van der Waals surface area contributed by atoms with E-state index in [9.17, 15) is 4.79 Å². The molecule has 0 saturated heterocycles. The van der Waals surface area contributed by atoms with Gasteiger partial charge in [0.05, 0.1) is 17.8 Å². The van der Waals surface area contributed by atoms with E-state index in [4.69, 9.17) is 10.5 Å². The summed E-state index contributed by atoms with van der Waals surface area (Å²) < 4.78 is 6.58. The lowest BCUT2D eigenvalue weighted by molar-refractivity contribution is 0.0521. The van der Waals surface area contributed by atoms with Crippen LogP contribution in [-0.2, 0) is 4.74 Å². The molecule has 0 spiro atoms. The van der Waals surface area contributed by atoms with Gasteiger partial charge in [-0.2, -0.15) is 0 Å². The minimum atomic E-state index is -0.526. The second kappa shape index (κ2) is 5.24. The molecule has 6 heteroatoms. The van der Waals surface area contributed by atoms with E-state index in [-0.39, 0.29) is 18.1 Å². The van der Waals surface area contributed by atoms with Crippen LogP contribution in [0.15, 0.2) is 42.9 Å². The summed E-state index contributed by atoms with van der Waals surface area (Å²) in [4.78, 5) is 20.2. The van der Waals surface area contributed by atoms with E-state index in [1.54, 1.807) is 17.7 Å². The fraction of sp³-hybridized carbons (Fsp3) is 0.133. The normalized spacial score (nSPS) is 10.7. The maximum absolute atomic E-state index is 11.8. The summed E-state index contributed by atoms with van der Waals surface area (Å²) in [5.74, 6) is -0.284. The largest absolute Gasteiger partial charge is 0.461 e. The third kappa shape index (κ3) is 2.20. The molecule has 3 aromatic rings. The smallest absolute Gasteiger partial charge is 0.360 e. The van der Waals surface area contributed by atoms with E-state index >= 15 is 0 Å². The predicted octanol–water partition coefficient (Wildman–Crippen LogP) is 2.18. The van der Waals surface area contributed by atoms with Crippen LogP contribution in [0.2, 0.25) is 0 Å². The number of hydrogen-bond acceptors (Lipinski definition) is 5. The SMILES string of the molecule is CCOC(=O)c1ncn(-c2cccc3cccnc23)c1N. The van der Waals surface area contributed by atoms with Crippen LogP contribution in [0.3, 0.4) is 0 Å². The molecule has 0 atom stereocenters. The van der Waals surface area contributed by atoms with E-state index < -0.39 is 5.97 Å². The molecule has 0 bridgehead atoms. The maximum Gasteiger partial charge on any atom is 0.360 e. The van der Waals surface area contributed by atoms with Crippen LogP contribution in [0.25, 0.3) is 16.6 Å². The number of fused-ring (bicyclic) bond motifs is 1. The minimum Gasteiger partial charge on any atom is -0.461 e. The highest BCUT2D eigenvalue weighted by Crippen LogP contribution is 2.24. The van der Waals surface area contributed by atoms with Gasteiger partial charge in [-0.1, -0.05) is 18.2 Å². The number of benzene rings is 1. The van der Waals surface area contributed by atoms with Crippen molar-refractivity contribution in [2.75, 3.05) is 12.3 Å². The van der Waals surface area contributed by atoms with Crippen LogP contribution in [-0.4, -0.2) is 27.1 Å². The van der Waals surface area contributed by atoms with Gasteiger partial charge in [0.25, 0.3) is 0 Å². The molecule has 21 heavy (non-hydrogen) atoms. The van der Waals surface area contributed by atoms with Crippen LogP contribution in [0.1, 0.15) is 17.4 Å². The number of nitrogens with two attached hydrogens (primary N) is 1. The highest BCUT2D eigenvalue weighted by Gasteiger charge is 2.18. The highest BCUT2D eigenvalue weighted by molar-refractivity contribution is 5.93. The van der Waals surface area contributed by atoms with Crippen LogP contribution in [0.4, 0.5) is 5.82 Å². The van der Waals surface area contributed by atoms with Crippen molar-refractivity contribution in [3.8, 4) is 5.69 Å². The third-order valence-electron chi connectivity index (χ3n) is 3.14. The molecule has 3 rings (SSSR count). The molecule has 0 radical (unpaired) electrons. The summed E-state index contributed by atoms with van der Waals surface area (Å²) in [6.45, 7) is 2.01. The molecule has 2 heterocycles. The predicted molar refractivity (Wildman–Crippen MR) is 79.2 cm³/mol. The van der Waals surface area contributed by atoms with Crippen LogP contribution >= 0.6 is 0 Å². The molecular weight excluding hydrogens is 268 g/mol. The molecule has 0 aliphatic carbocycles. The first-order chi connectivity index (χ1) is 10.2. The van der Waals surface area contributed by atoms with Crippen LogP contribution in [0.5, 0.6) is 0 Å². The molecule has 6 nitrogen and oxygen atoms in total. The van der Waals surface area contributed by atoms with Gasteiger partial charge in [0.15, 0.2) is 5.69 Å². The molecule has 106 valence electrons. The van der Waals surface area contributed by atoms with Gasteiger partial charge in [0.1, 0.15) is 12.1 Å². The molecule has 2 N–H and O–H groups in total. The Morgan fingerprint density at radius 2 is 2.10 bits per heavy atom. The second-order valence-electron chi connectivity index (χ2n) is 4.42. The Hall–Kier alpha value is -2.89. The lowest BCUT2D eigenvalue weighted by atomic mass is 10.2. The number of carbonyl (C=O) groups is 1. The number of hydrogen-bond donors (Lipinski definition) is 1. The van der Waals surface area contributed by atoms with E-state index in [2.05, 4.69) is 9.97 Å². The molecule has 0 saturated carbocycles. The zero-order valence-corrected chi connectivity index (χ0v) is 11.5. The molecule has 0 aliphatic heterocycles. The summed E-state index contributed by atoms with van der Waals surface area (Å²) in [5, 5.41) is 0.987.